The van der Waals surface area contributed by atoms with Gasteiger partial charge in [-0.2, -0.15) is 0 Å². The van der Waals surface area contributed by atoms with E-state index in [0.717, 1.165) is 0 Å². The van der Waals surface area contributed by atoms with Crippen LogP contribution >= 0.6 is 11.3 Å². The molecule has 6 heteroatoms. The summed E-state index contributed by atoms with van der Waals surface area (Å²) < 4.78 is 117. The molecule has 0 amide bonds. The second-order valence-corrected chi connectivity index (χ2v) is 6.74. The van der Waals surface area contributed by atoms with E-state index < -0.39 is 68.1 Å². The first-order chi connectivity index (χ1) is 14.8. The summed E-state index contributed by atoms with van der Waals surface area (Å²) in [5, 5.41) is -0.686. The van der Waals surface area contributed by atoms with Crippen molar-refractivity contribution in [3.05, 3.63) is 5.69 Å². The van der Waals surface area contributed by atoms with Gasteiger partial charge in [0.05, 0.1) is 21.7 Å². The van der Waals surface area contributed by atoms with Gasteiger partial charge in [0.2, 0.25) is 0 Å². The lowest BCUT2D eigenvalue weighted by molar-refractivity contribution is 0.00578. The molecule has 1 aromatic rings. The zero-order chi connectivity index (χ0) is 26.7. The third-order valence-corrected chi connectivity index (χ3v) is 4.82. The minimum absolute atomic E-state index is 0.0516. The molecule has 1 aromatic heterocycles. The topological polar surface area (TPSA) is 34.6 Å². The van der Waals surface area contributed by atoms with Gasteiger partial charge in [0.15, 0.2) is 5.13 Å². The van der Waals surface area contributed by atoms with Crippen LogP contribution in [0.2, 0.25) is 0 Å². The molecular formula is C15H25BN2O2S. The van der Waals surface area contributed by atoms with Gasteiger partial charge in [-0.1, -0.05) is 0 Å². The average molecular weight is 321 g/mol. The zero-order valence-corrected chi connectivity index (χ0v) is 13.0. The van der Waals surface area contributed by atoms with Crippen LogP contribution in [0.3, 0.4) is 0 Å². The van der Waals surface area contributed by atoms with Crippen molar-refractivity contribution in [2.75, 3.05) is 17.9 Å². The average Bonchev–Trinajstić information content (AvgIpc) is 3.11. The number of rotatable bonds is 2. The van der Waals surface area contributed by atoms with Crippen molar-refractivity contribution in [1.82, 2.24) is 4.98 Å². The van der Waals surface area contributed by atoms with Crippen molar-refractivity contribution >= 4 is 28.4 Å². The quantitative estimate of drug-likeness (QED) is 0.785. The summed E-state index contributed by atoms with van der Waals surface area (Å²) in [6, 6.07) is 0. The number of thiazole rings is 1. The van der Waals surface area contributed by atoms with Crippen LogP contribution in [0, 0.1) is 6.85 Å². The number of anilines is 1. The smallest absolute Gasteiger partial charge is 0.399 e. The Bertz CT molecular complexity index is 945. The van der Waals surface area contributed by atoms with E-state index in [1.165, 1.54) is 0 Å². The van der Waals surface area contributed by atoms with Gasteiger partial charge < -0.3 is 14.2 Å². The second-order valence-electron chi connectivity index (χ2n) is 5.73. The first kappa shape index (κ1) is 6.14. The summed E-state index contributed by atoms with van der Waals surface area (Å²) in [5.74, 6) is 0. The maximum Gasteiger partial charge on any atom is 0.507 e. The number of hydrogen-bond acceptors (Lipinski definition) is 5. The first-order valence-corrected chi connectivity index (χ1v) is 7.26. The summed E-state index contributed by atoms with van der Waals surface area (Å²) in [6.07, 6.45) is -10.7. The summed E-state index contributed by atoms with van der Waals surface area (Å²) in [4.78, 5) is 3.95. The number of hydrogen-bond donors (Lipinski definition) is 0. The van der Waals surface area contributed by atoms with Crippen LogP contribution in [-0.4, -0.2) is 36.3 Å². The SMILES string of the molecule is [2H]C([2H])([2H])c1nc(N2C([2H])([2H])C([2H])([2H])C([2H])([2H])C([2H])([2H])C2([2H])[2H])sc1B1OC(C)(C)C(C)(C)O1. The van der Waals surface area contributed by atoms with E-state index in [9.17, 15) is 0 Å². The largest absolute Gasteiger partial charge is 0.507 e. The van der Waals surface area contributed by atoms with Crippen molar-refractivity contribution in [2.24, 2.45) is 0 Å². The fourth-order valence-corrected chi connectivity index (χ4v) is 2.70. The van der Waals surface area contributed by atoms with E-state index in [0.29, 0.717) is 11.3 Å². The highest BCUT2D eigenvalue weighted by Gasteiger charge is 2.53. The van der Waals surface area contributed by atoms with E-state index >= 15 is 0 Å². The van der Waals surface area contributed by atoms with Gasteiger partial charge in [-0.05, 0) is 53.7 Å². The van der Waals surface area contributed by atoms with Gasteiger partial charge in [-0.15, -0.1) is 11.3 Å². The number of nitrogens with zero attached hydrogens (tertiary/aromatic N) is 2. The van der Waals surface area contributed by atoms with E-state index in [4.69, 9.17) is 27.1 Å². The lowest BCUT2D eigenvalue weighted by Gasteiger charge is -2.32. The Labute approximate surface area is 150 Å². The maximum absolute atomic E-state index is 8.32. The highest BCUT2D eigenvalue weighted by molar-refractivity contribution is 7.25. The standard InChI is InChI=1S/C15H25BN2O2S/c1-11-12(16-19-14(2,3)15(4,5)20-16)21-13(17-11)18-9-7-6-8-10-18/h6-10H2,1-5H3/i1D3,6D2,7D2,8D2,9D2,10D2. The van der Waals surface area contributed by atoms with Crippen LogP contribution in [-0.2, 0) is 9.31 Å². The predicted molar refractivity (Wildman–Crippen MR) is 88.6 cm³/mol. The normalized spacial score (nSPS) is 46.4. The Balaban J connectivity index is 2.26. The third kappa shape index (κ3) is 2.73. The van der Waals surface area contributed by atoms with Gasteiger partial charge in [0.1, 0.15) is 0 Å². The van der Waals surface area contributed by atoms with Crippen LogP contribution in [0.15, 0.2) is 0 Å². The highest BCUT2D eigenvalue weighted by atomic mass is 32.1. The summed E-state index contributed by atoms with van der Waals surface area (Å²) in [5.41, 5.74) is -2.35. The Morgan fingerprint density at radius 2 is 1.81 bits per heavy atom. The van der Waals surface area contributed by atoms with Gasteiger partial charge in [-0.25, -0.2) is 4.98 Å². The number of aryl methyl sites for hydroxylation is 1. The van der Waals surface area contributed by atoms with Crippen LogP contribution in [0.5, 0.6) is 0 Å². The Morgan fingerprint density at radius 1 is 1.19 bits per heavy atom. The molecule has 2 fully saturated rings. The highest BCUT2D eigenvalue weighted by Crippen LogP contribution is 2.37. The minimum Gasteiger partial charge on any atom is -0.399 e. The van der Waals surface area contributed by atoms with Crippen molar-refractivity contribution in [3.8, 4) is 0 Å². The van der Waals surface area contributed by atoms with Gasteiger partial charge in [-0.3, -0.25) is 0 Å². The number of piperidine rings is 1. The molecule has 0 aliphatic carbocycles. The fourth-order valence-electron chi connectivity index (χ4n) is 1.85. The van der Waals surface area contributed by atoms with Crippen LogP contribution in [0.25, 0.3) is 0 Å². The lowest BCUT2D eigenvalue weighted by atomic mass is 9.86. The zero-order valence-electron chi connectivity index (χ0n) is 25.2. The molecule has 21 heavy (non-hydrogen) atoms. The molecule has 0 N–H and O–H groups in total. The van der Waals surface area contributed by atoms with E-state index in [-0.39, 0.29) is 9.68 Å². The molecule has 3 heterocycles. The molecular weight excluding hydrogens is 283 g/mol. The van der Waals surface area contributed by atoms with E-state index in [2.05, 4.69) is 4.98 Å². The van der Waals surface area contributed by atoms with Crippen LogP contribution < -0.4 is 9.68 Å². The Kier molecular flexibility index (Phi) is 1.53. The van der Waals surface area contributed by atoms with Crippen molar-refractivity contribution in [1.29, 1.82) is 0 Å². The summed E-state index contributed by atoms with van der Waals surface area (Å²) in [7, 11) is -1.27. The first-order valence-electron chi connectivity index (χ1n) is 12.9. The lowest BCUT2D eigenvalue weighted by Crippen LogP contribution is -2.41. The molecule has 0 saturated carbocycles. The predicted octanol–water partition coefficient (Wildman–Crippen LogP) is 2.74. The van der Waals surface area contributed by atoms with Crippen LogP contribution in [0.4, 0.5) is 5.13 Å². The summed E-state index contributed by atoms with van der Waals surface area (Å²) >= 11 is 0.467. The molecule has 3 rings (SSSR count). The molecule has 0 spiro atoms. The number of aromatic nitrogens is 1. The summed E-state index contributed by atoms with van der Waals surface area (Å²) in [6.45, 7) is -2.94. The monoisotopic (exact) mass is 321 g/mol. The Hall–Kier alpha value is -0.585. The molecule has 0 atom stereocenters. The van der Waals surface area contributed by atoms with Crippen molar-refractivity contribution < 1.29 is 27.1 Å². The molecule has 0 bridgehead atoms. The fraction of sp³-hybridized carbons (Fsp3) is 0.800. The Morgan fingerprint density at radius 3 is 2.38 bits per heavy atom. The molecule has 2 aliphatic heterocycles. The molecule has 2 aliphatic rings. The van der Waals surface area contributed by atoms with Crippen LogP contribution in [0.1, 0.15) is 70.3 Å². The minimum atomic E-state index is -3.60. The molecule has 116 valence electrons. The van der Waals surface area contributed by atoms with Crippen molar-refractivity contribution in [2.45, 2.75) is 64.9 Å². The molecule has 0 radical (unpaired) electrons. The molecule has 4 nitrogen and oxygen atoms in total. The second kappa shape index (κ2) is 5.25. The van der Waals surface area contributed by atoms with E-state index in [1.54, 1.807) is 27.7 Å². The molecule has 0 aromatic carbocycles. The van der Waals surface area contributed by atoms with Gasteiger partial charge in [0, 0.05) is 30.8 Å². The molecule has 2 saturated heterocycles. The van der Waals surface area contributed by atoms with E-state index in [1.807, 2.05) is 0 Å². The third-order valence-electron chi connectivity index (χ3n) is 3.76. The maximum atomic E-state index is 8.32. The van der Waals surface area contributed by atoms with Gasteiger partial charge >= 0.3 is 7.12 Å². The van der Waals surface area contributed by atoms with Crippen molar-refractivity contribution in [3.63, 3.8) is 0 Å². The molecule has 0 unspecified atom stereocenters. The van der Waals surface area contributed by atoms with Gasteiger partial charge in [0.25, 0.3) is 0 Å².